The van der Waals surface area contributed by atoms with Crippen molar-refractivity contribution in [3.8, 4) is 10.6 Å². The van der Waals surface area contributed by atoms with Gasteiger partial charge in [-0.25, -0.2) is 9.97 Å². The molecule has 12 heteroatoms. The van der Waals surface area contributed by atoms with Gasteiger partial charge in [-0.3, -0.25) is 4.79 Å². The zero-order valence-corrected chi connectivity index (χ0v) is 19.3. The van der Waals surface area contributed by atoms with Crippen molar-refractivity contribution >= 4 is 39.8 Å². The molecule has 174 valence electrons. The van der Waals surface area contributed by atoms with E-state index in [1.165, 1.54) is 0 Å². The Balaban J connectivity index is 1.61. The van der Waals surface area contributed by atoms with Gasteiger partial charge in [-0.2, -0.15) is 13.2 Å². The number of nitrogen functional groups attached to an aromatic ring is 1. The molecule has 2 aromatic heterocycles. The molecule has 0 saturated carbocycles. The first-order chi connectivity index (χ1) is 16.2. The third kappa shape index (κ3) is 5.51. The maximum atomic E-state index is 12.8. The summed E-state index contributed by atoms with van der Waals surface area (Å²) in [5, 5.41) is 11.5. The Hall–Kier alpha value is -3.51. The van der Waals surface area contributed by atoms with Crippen LogP contribution in [0.1, 0.15) is 28.7 Å². The normalized spacial score (nSPS) is 11.4. The van der Waals surface area contributed by atoms with Crippen LogP contribution in [0.5, 0.6) is 0 Å². The molecule has 34 heavy (non-hydrogen) atoms. The zero-order chi connectivity index (χ0) is 24.3. The van der Waals surface area contributed by atoms with Crippen molar-refractivity contribution in [1.82, 2.24) is 20.2 Å². The summed E-state index contributed by atoms with van der Waals surface area (Å²) in [4.78, 5) is 20.5. The summed E-state index contributed by atoms with van der Waals surface area (Å²) < 4.78 is 38.3. The van der Waals surface area contributed by atoms with Gasteiger partial charge in [0.25, 0.3) is 5.91 Å². The molecule has 0 fully saturated rings. The van der Waals surface area contributed by atoms with E-state index < -0.39 is 12.0 Å². The lowest BCUT2D eigenvalue weighted by Crippen LogP contribution is -2.12. The van der Waals surface area contributed by atoms with E-state index in [0.717, 1.165) is 47.5 Å². The number of carbonyl (C=O) groups is 1. The SMILES string of the molecule is CCc1ccc(C(=O)Nc2ccc(Sc3cnc(C(F)(F)F)nc3)c(-c3nnc(N)s3)c2)cc1. The van der Waals surface area contributed by atoms with Crippen molar-refractivity contribution in [3.63, 3.8) is 0 Å². The number of nitrogens with one attached hydrogen (secondary N) is 1. The maximum Gasteiger partial charge on any atom is 0.451 e. The smallest absolute Gasteiger partial charge is 0.374 e. The number of halogens is 3. The minimum absolute atomic E-state index is 0.259. The number of carbonyl (C=O) groups excluding carboxylic acids is 1. The summed E-state index contributed by atoms with van der Waals surface area (Å²) in [5.74, 6) is -1.49. The Bertz CT molecular complexity index is 1310. The van der Waals surface area contributed by atoms with Crippen LogP contribution in [0.15, 0.2) is 64.6 Å². The summed E-state index contributed by atoms with van der Waals surface area (Å²) in [6.45, 7) is 2.03. The predicted octanol–water partition coefficient (Wildman–Crippen LogP) is 5.56. The van der Waals surface area contributed by atoms with E-state index in [1.807, 2.05) is 19.1 Å². The highest BCUT2D eigenvalue weighted by molar-refractivity contribution is 7.99. The third-order valence-electron chi connectivity index (χ3n) is 4.64. The van der Waals surface area contributed by atoms with Crippen molar-refractivity contribution in [2.24, 2.45) is 0 Å². The maximum absolute atomic E-state index is 12.8. The number of hydrogen-bond donors (Lipinski definition) is 2. The van der Waals surface area contributed by atoms with Crippen LogP contribution in [0.25, 0.3) is 10.6 Å². The molecule has 0 aliphatic rings. The number of aryl methyl sites for hydroxylation is 1. The Morgan fingerprint density at radius 2 is 1.79 bits per heavy atom. The number of benzene rings is 2. The minimum Gasteiger partial charge on any atom is -0.374 e. The number of rotatable bonds is 6. The number of hydrogen-bond acceptors (Lipinski definition) is 8. The zero-order valence-electron chi connectivity index (χ0n) is 17.6. The van der Waals surface area contributed by atoms with Gasteiger partial charge in [0, 0.05) is 39.0 Å². The van der Waals surface area contributed by atoms with Crippen LogP contribution in [0.2, 0.25) is 0 Å². The molecule has 4 aromatic rings. The molecular weight excluding hydrogens is 485 g/mol. The van der Waals surface area contributed by atoms with Gasteiger partial charge in [-0.1, -0.05) is 42.2 Å². The first-order valence-electron chi connectivity index (χ1n) is 9.93. The van der Waals surface area contributed by atoms with E-state index in [0.29, 0.717) is 31.6 Å². The average Bonchev–Trinajstić information content (AvgIpc) is 3.26. The molecule has 2 heterocycles. The highest BCUT2D eigenvalue weighted by Gasteiger charge is 2.34. The van der Waals surface area contributed by atoms with Gasteiger partial charge < -0.3 is 11.1 Å². The molecular formula is C22H17F3N6OS2. The number of alkyl halides is 3. The quantitative estimate of drug-likeness (QED) is 0.355. The Morgan fingerprint density at radius 3 is 2.38 bits per heavy atom. The number of amides is 1. The number of aromatic nitrogens is 4. The highest BCUT2D eigenvalue weighted by Crippen LogP contribution is 2.39. The van der Waals surface area contributed by atoms with Crippen molar-refractivity contribution in [2.45, 2.75) is 29.3 Å². The van der Waals surface area contributed by atoms with E-state index >= 15 is 0 Å². The van der Waals surface area contributed by atoms with Crippen molar-refractivity contribution in [3.05, 3.63) is 71.8 Å². The van der Waals surface area contributed by atoms with Crippen LogP contribution in [0.3, 0.4) is 0 Å². The number of nitrogens with zero attached hydrogens (tertiary/aromatic N) is 4. The molecule has 0 saturated heterocycles. The van der Waals surface area contributed by atoms with Gasteiger partial charge in [-0.15, -0.1) is 10.2 Å². The lowest BCUT2D eigenvalue weighted by atomic mass is 10.1. The first-order valence-corrected chi connectivity index (χ1v) is 11.6. The fraction of sp³-hybridized carbons (Fsp3) is 0.136. The van der Waals surface area contributed by atoms with Gasteiger partial charge in [-0.05, 0) is 42.3 Å². The summed E-state index contributed by atoms with van der Waals surface area (Å²) in [7, 11) is 0. The van der Waals surface area contributed by atoms with Crippen LogP contribution < -0.4 is 11.1 Å². The first kappa shape index (κ1) is 23.6. The van der Waals surface area contributed by atoms with E-state index in [9.17, 15) is 18.0 Å². The molecule has 4 rings (SSSR count). The molecule has 0 spiro atoms. The summed E-state index contributed by atoms with van der Waals surface area (Å²) >= 11 is 2.31. The van der Waals surface area contributed by atoms with E-state index in [1.54, 1.807) is 30.3 Å². The summed E-state index contributed by atoms with van der Waals surface area (Å²) in [5.41, 5.74) is 8.50. The van der Waals surface area contributed by atoms with Crippen LogP contribution >= 0.6 is 23.1 Å². The molecule has 7 nitrogen and oxygen atoms in total. The Labute approximate surface area is 200 Å². The van der Waals surface area contributed by atoms with Gasteiger partial charge in [0.1, 0.15) is 0 Å². The third-order valence-corrected chi connectivity index (χ3v) is 6.45. The minimum atomic E-state index is -4.62. The fourth-order valence-corrected chi connectivity index (χ4v) is 4.52. The largest absolute Gasteiger partial charge is 0.451 e. The van der Waals surface area contributed by atoms with Crippen LogP contribution in [0.4, 0.5) is 24.0 Å². The van der Waals surface area contributed by atoms with Crippen LogP contribution in [0, 0.1) is 0 Å². The van der Waals surface area contributed by atoms with Crippen molar-refractivity contribution < 1.29 is 18.0 Å². The molecule has 0 unspecified atom stereocenters. The van der Waals surface area contributed by atoms with E-state index in [2.05, 4.69) is 25.5 Å². The standard InChI is InChI=1S/C22H17F3N6OS2/c1-2-12-3-5-13(6-4-12)18(32)29-14-7-8-17(16(9-14)19-30-31-21(26)34-19)33-15-10-27-20(28-11-15)22(23,24)25/h3-11H,2H2,1H3,(H2,26,31)(H,29,32). The second kappa shape index (κ2) is 9.77. The molecule has 1 amide bonds. The van der Waals surface area contributed by atoms with E-state index in [4.69, 9.17) is 5.73 Å². The second-order valence-corrected chi connectivity index (χ2v) is 9.13. The molecule has 3 N–H and O–H groups in total. The Morgan fingerprint density at radius 1 is 1.09 bits per heavy atom. The van der Waals surface area contributed by atoms with Gasteiger partial charge >= 0.3 is 6.18 Å². The van der Waals surface area contributed by atoms with Crippen LogP contribution in [-0.4, -0.2) is 26.1 Å². The summed E-state index contributed by atoms with van der Waals surface area (Å²) in [6.07, 6.45) is -1.53. The lowest BCUT2D eigenvalue weighted by Gasteiger charge is -2.11. The lowest BCUT2D eigenvalue weighted by molar-refractivity contribution is -0.145. The van der Waals surface area contributed by atoms with Gasteiger partial charge in [0.15, 0.2) is 5.01 Å². The second-order valence-electron chi connectivity index (χ2n) is 7.00. The van der Waals surface area contributed by atoms with Gasteiger partial charge in [0.2, 0.25) is 11.0 Å². The molecule has 0 aliphatic heterocycles. The molecule has 0 aliphatic carbocycles. The fourth-order valence-electron chi connectivity index (χ4n) is 2.94. The topological polar surface area (TPSA) is 107 Å². The Kier molecular flexibility index (Phi) is 6.80. The molecule has 0 radical (unpaired) electrons. The van der Waals surface area contributed by atoms with Crippen molar-refractivity contribution in [2.75, 3.05) is 11.1 Å². The molecule has 0 atom stereocenters. The predicted molar refractivity (Wildman–Crippen MR) is 125 cm³/mol. The van der Waals surface area contributed by atoms with Crippen molar-refractivity contribution in [1.29, 1.82) is 0 Å². The molecule has 0 bridgehead atoms. The number of anilines is 2. The monoisotopic (exact) mass is 502 g/mol. The summed E-state index contributed by atoms with van der Waals surface area (Å²) in [6, 6.07) is 12.5. The van der Waals surface area contributed by atoms with Crippen LogP contribution in [-0.2, 0) is 12.6 Å². The highest BCUT2D eigenvalue weighted by atomic mass is 32.2. The van der Waals surface area contributed by atoms with Gasteiger partial charge in [0.05, 0.1) is 0 Å². The number of nitrogens with two attached hydrogens (primary N) is 1. The van der Waals surface area contributed by atoms with E-state index in [-0.39, 0.29) is 11.0 Å². The average molecular weight is 503 g/mol. The molecule has 2 aromatic carbocycles.